The molecular formula is C19H20F3N5O2S. The summed E-state index contributed by atoms with van der Waals surface area (Å²) in [4.78, 5) is 22.0. The van der Waals surface area contributed by atoms with Crippen molar-refractivity contribution in [3.63, 3.8) is 0 Å². The van der Waals surface area contributed by atoms with Gasteiger partial charge in [-0.05, 0) is 49.5 Å². The third-order valence-electron chi connectivity index (χ3n) is 5.22. The number of anilines is 1. The lowest BCUT2D eigenvalue weighted by molar-refractivity contribution is -0.144. The second-order valence-electron chi connectivity index (χ2n) is 7.33. The van der Waals surface area contributed by atoms with Crippen molar-refractivity contribution in [3.05, 3.63) is 33.7 Å². The van der Waals surface area contributed by atoms with Gasteiger partial charge in [0.2, 0.25) is 0 Å². The summed E-state index contributed by atoms with van der Waals surface area (Å²) in [6, 6.07) is 2.07. The fourth-order valence-electron chi connectivity index (χ4n) is 3.51. The molecule has 2 N–H and O–H groups in total. The molecule has 3 aromatic heterocycles. The van der Waals surface area contributed by atoms with Gasteiger partial charge in [0.05, 0.1) is 5.52 Å². The Morgan fingerprint density at radius 1 is 1.30 bits per heavy atom. The Labute approximate surface area is 172 Å². The number of rotatable bonds is 4. The molecule has 0 aliphatic heterocycles. The summed E-state index contributed by atoms with van der Waals surface area (Å²) in [5.41, 5.74) is 4.95. The van der Waals surface area contributed by atoms with Gasteiger partial charge in [-0.15, -0.1) is 0 Å². The van der Waals surface area contributed by atoms with Crippen LogP contribution in [0, 0.1) is 6.92 Å². The lowest BCUT2D eigenvalue weighted by atomic mass is 10.2. The van der Waals surface area contributed by atoms with Crippen LogP contribution in [-0.4, -0.2) is 29.4 Å². The Morgan fingerprint density at radius 2 is 1.97 bits per heavy atom. The zero-order valence-electron chi connectivity index (χ0n) is 16.6. The van der Waals surface area contributed by atoms with Crippen LogP contribution in [0.15, 0.2) is 21.8 Å². The van der Waals surface area contributed by atoms with E-state index in [0.717, 1.165) is 10.6 Å². The number of aryl methyl sites for hydroxylation is 2. The van der Waals surface area contributed by atoms with E-state index in [-0.39, 0.29) is 28.4 Å². The Hall–Kier alpha value is -2.53. The highest BCUT2D eigenvalue weighted by Gasteiger charge is 2.40. The van der Waals surface area contributed by atoms with Crippen molar-refractivity contribution in [2.75, 3.05) is 11.5 Å². The van der Waals surface area contributed by atoms with Crippen LogP contribution in [0.2, 0.25) is 0 Å². The van der Waals surface area contributed by atoms with Crippen molar-refractivity contribution in [1.29, 1.82) is 0 Å². The molecule has 1 atom stereocenters. The maximum absolute atomic E-state index is 13.6. The standard InChI is InChI=1S/C19H20F3N5O2S/c1-4-30(29)12-7-9(2)16(23)25-14(12)17-24-11-8-13(19(20,21)22)27(10-5-6-10)18(28)15(11)26(17)3/h7-8,10H,4-6H2,1-3H3,(H2,23,25). The van der Waals surface area contributed by atoms with Crippen LogP contribution in [0.3, 0.4) is 0 Å². The van der Waals surface area contributed by atoms with Gasteiger partial charge in [-0.3, -0.25) is 9.36 Å². The number of hydrogen-bond acceptors (Lipinski definition) is 5. The quantitative estimate of drug-likeness (QED) is 0.629. The van der Waals surface area contributed by atoms with E-state index in [1.807, 2.05) is 0 Å². The first-order chi connectivity index (χ1) is 14.0. The van der Waals surface area contributed by atoms with E-state index in [1.165, 1.54) is 11.6 Å². The molecule has 160 valence electrons. The average molecular weight is 439 g/mol. The van der Waals surface area contributed by atoms with E-state index in [4.69, 9.17) is 5.73 Å². The minimum absolute atomic E-state index is 0.0408. The molecule has 3 heterocycles. The number of nitrogens with two attached hydrogens (primary N) is 1. The molecule has 0 bridgehead atoms. The summed E-state index contributed by atoms with van der Waals surface area (Å²) in [5.74, 6) is 0.655. The zero-order chi connectivity index (χ0) is 22.0. The lowest BCUT2D eigenvalue weighted by Crippen LogP contribution is -2.28. The molecule has 7 nitrogen and oxygen atoms in total. The second kappa shape index (κ2) is 7.02. The Balaban J connectivity index is 2.04. The Kier molecular flexibility index (Phi) is 4.85. The van der Waals surface area contributed by atoms with Crippen molar-refractivity contribution >= 4 is 28.0 Å². The Bertz CT molecular complexity index is 1210. The van der Waals surface area contributed by atoms with E-state index in [9.17, 15) is 22.5 Å². The maximum Gasteiger partial charge on any atom is 0.431 e. The molecule has 30 heavy (non-hydrogen) atoms. The van der Waals surface area contributed by atoms with Crippen LogP contribution >= 0.6 is 0 Å². The summed E-state index contributed by atoms with van der Waals surface area (Å²) in [6.07, 6.45) is -3.64. The molecular weight excluding hydrogens is 419 g/mol. The molecule has 0 amide bonds. The minimum atomic E-state index is -4.69. The number of pyridine rings is 2. The van der Waals surface area contributed by atoms with Gasteiger partial charge in [0.15, 0.2) is 16.4 Å². The van der Waals surface area contributed by atoms with Gasteiger partial charge >= 0.3 is 6.18 Å². The summed E-state index contributed by atoms with van der Waals surface area (Å²) in [7, 11) is 1.53. The molecule has 0 spiro atoms. The summed E-state index contributed by atoms with van der Waals surface area (Å²) in [5, 5.41) is 0. The summed E-state index contributed by atoms with van der Waals surface area (Å²) in [6.45, 7) is 3.46. The topological polar surface area (TPSA) is 102 Å². The molecule has 1 aliphatic rings. The maximum atomic E-state index is 13.6. The third kappa shape index (κ3) is 3.25. The molecule has 0 aromatic carbocycles. The smallest absolute Gasteiger partial charge is 0.431 e. The fourth-order valence-corrected chi connectivity index (χ4v) is 4.49. The van der Waals surface area contributed by atoms with Crippen molar-refractivity contribution < 1.29 is 17.7 Å². The number of fused-ring (bicyclic) bond motifs is 1. The average Bonchev–Trinajstić information content (AvgIpc) is 3.45. The molecule has 1 unspecified atom stereocenters. The summed E-state index contributed by atoms with van der Waals surface area (Å²) >= 11 is -1.41. The van der Waals surface area contributed by atoms with Crippen molar-refractivity contribution in [1.82, 2.24) is 19.1 Å². The number of nitrogen functional groups attached to an aromatic ring is 1. The van der Waals surface area contributed by atoms with E-state index in [2.05, 4.69) is 9.97 Å². The minimum Gasteiger partial charge on any atom is -0.611 e. The van der Waals surface area contributed by atoms with E-state index >= 15 is 0 Å². The van der Waals surface area contributed by atoms with Crippen LogP contribution < -0.4 is 11.3 Å². The third-order valence-corrected chi connectivity index (χ3v) is 6.54. The van der Waals surface area contributed by atoms with Crippen LogP contribution in [0.4, 0.5) is 19.0 Å². The van der Waals surface area contributed by atoms with Gasteiger partial charge in [0.25, 0.3) is 5.56 Å². The van der Waals surface area contributed by atoms with Crippen LogP contribution in [-0.2, 0) is 24.4 Å². The van der Waals surface area contributed by atoms with Crippen molar-refractivity contribution in [2.45, 2.75) is 43.8 Å². The zero-order valence-corrected chi connectivity index (χ0v) is 17.4. The highest BCUT2D eigenvalue weighted by atomic mass is 32.2. The summed E-state index contributed by atoms with van der Waals surface area (Å²) < 4.78 is 55.7. The van der Waals surface area contributed by atoms with Gasteiger partial charge in [0.1, 0.15) is 22.8 Å². The van der Waals surface area contributed by atoms with Crippen molar-refractivity contribution in [2.24, 2.45) is 7.05 Å². The molecule has 1 fully saturated rings. The monoisotopic (exact) mass is 439 g/mol. The lowest BCUT2D eigenvalue weighted by Gasteiger charge is -2.15. The number of imidazole rings is 1. The molecule has 11 heteroatoms. The number of hydrogen-bond donors (Lipinski definition) is 1. The van der Waals surface area contributed by atoms with Gasteiger partial charge in [0, 0.05) is 19.2 Å². The molecule has 0 radical (unpaired) electrons. The molecule has 1 saturated carbocycles. The number of alkyl halides is 3. The predicted octanol–water partition coefficient (Wildman–Crippen LogP) is 3.17. The van der Waals surface area contributed by atoms with Gasteiger partial charge < -0.3 is 14.9 Å². The van der Waals surface area contributed by atoms with E-state index in [0.29, 0.717) is 29.1 Å². The molecule has 3 aromatic rings. The molecule has 1 aliphatic carbocycles. The van der Waals surface area contributed by atoms with Gasteiger partial charge in [-0.25, -0.2) is 9.97 Å². The predicted molar refractivity (Wildman–Crippen MR) is 108 cm³/mol. The van der Waals surface area contributed by atoms with Crippen molar-refractivity contribution in [3.8, 4) is 11.5 Å². The largest absolute Gasteiger partial charge is 0.611 e. The highest BCUT2D eigenvalue weighted by Crippen LogP contribution is 2.40. The fraction of sp³-hybridized carbons (Fsp3) is 0.421. The number of nitrogens with zero attached hydrogens (tertiary/aromatic N) is 4. The molecule has 4 rings (SSSR count). The normalized spacial score (nSPS) is 15.7. The number of aromatic nitrogens is 4. The Morgan fingerprint density at radius 3 is 2.53 bits per heavy atom. The highest BCUT2D eigenvalue weighted by molar-refractivity contribution is 7.91. The SMILES string of the molecule is CC[S+]([O-])c1cc(C)c(N)nc1-c1nc2cc(C(F)(F)F)n(C3CC3)c(=O)c2n1C. The van der Waals surface area contributed by atoms with E-state index < -0.39 is 34.6 Å². The first-order valence-corrected chi connectivity index (χ1v) is 10.7. The van der Waals surface area contributed by atoms with Gasteiger partial charge in [-0.2, -0.15) is 13.2 Å². The second-order valence-corrected chi connectivity index (χ2v) is 9.04. The van der Waals surface area contributed by atoms with Gasteiger partial charge in [-0.1, -0.05) is 0 Å². The van der Waals surface area contributed by atoms with Crippen LogP contribution in [0.25, 0.3) is 22.6 Å². The van der Waals surface area contributed by atoms with E-state index in [1.54, 1.807) is 19.9 Å². The first-order valence-electron chi connectivity index (χ1n) is 9.39. The first kappa shape index (κ1) is 20.7. The number of halogens is 3. The van der Waals surface area contributed by atoms with Crippen LogP contribution in [0.5, 0.6) is 0 Å². The van der Waals surface area contributed by atoms with Crippen LogP contribution in [0.1, 0.15) is 37.1 Å². The molecule has 0 saturated heterocycles.